The molecule has 1 aromatic rings. The van der Waals surface area contributed by atoms with E-state index in [1.165, 1.54) is 0 Å². The Labute approximate surface area is 117 Å². The molecule has 2 N–H and O–H groups in total. The Balaban J connectivity index is 2.23. The molecular weight excluding hydrogens is 262 g/mol. The van der Waals surface area contributed by atoms with Crippen LogP contribution < -0.4 is 10.1 Å². The predicted molar refractivity (Wildman–Crippen MR) is 72.9 cm³/mol. The quantitative estimate of drug-likeness (QED) is 0.692. The van der Waals surface area contributed by atoms with Gasteiger partial charge in [0, 0.05) is 6.54 Å². The van der Waals surface area contributed by atoms with Crippen LogP contribution in [0.4, 0.5) is 0 Å². The molecule has 1 aromatic carbocycles. The van der Waals surface area contributed by atoms with Crippen LogP contribution in [0.15, 0.2) is 18.2 Å². The van der Waals surface area contributed by atoms with E-state index in [9.17, 15) is 9.59 Å². The molecule has 6 heteroatoms. The lowest BCUT2D eigenvalue weighted by Gasteiger charge is -2.10. The van der Waals surface area contributed by atoms with Gasteiger partial charge in [0.2, 0.25) is 0 Å². The molecule has 0 unspecified atom stereocenters. The van der Waals surface area contributed by atoms with Crippen molar-refractivity contribution in [3.63, 3.8) is 0 Å². The molecule has 0 aliphatic rings. The molecule has 0 saturated heterocycles. The second-order valence-corrected chi connectivity index (χ2v) is 4.35. The van der Waals surface area contributed by atoms with Gasteiger partial charge in [0.1, 0.15) is 12.4 Å². The van der Waals surface area contributed by atoms with E-state index in [4.69, 9.17) is 14.6 Å². The maximum atomic E-state index is 11.5. The molecule has 0 radical (unpaired) electrons. The van der Waals surface area contributed by atoms with Crippen molar-refractivity contribution in [3.05, 3.63) is 29.3 Å². The third-order valence-corrected chi connectivity index (χ3v) is 2.50. The fourth-order valence-electron chi connectivity index (χ4n) is 1.48. The zero-order valence-electron chi connectivity index (χ0n) is 11.6. The molecule has 20 heavy (non-hydrogen) atoms. The number of ether oxygens (including phenoxy) is 2. The van der Waals surface area contributed by atoms with E-state index in [-0.39, 0.29) is 32.3 Å². The third-order valence-electron chi connectivity index (χ3n) is 2.50. The van der Waals surface area contributed by atoms with Gasteiger partial charge in [-0.3, -0.25) is 4.79 Å². The number of carboxylic acids is 1. The van der Waals surface area contributed by atoms with Crippen molar-refractivity contribution in [2.45, 2.75) is 13.8 Å². The van der Waals surface area contributed by atoms with Gasteiger partial charge in [0.05, 0.1) is 6.61 Å². The number of amides is 1. The molecule has 0 aromatic heterocycles. The predicted octanol–water partition coefficient (Wildman–Crippen LogP) is 0.900. The minimum atomic E-state index is -1.03. The highest BCUT2D eigenvalue weighted by Crippen LogP contribution is 2.18. The van der Waals surface area contributed by atoms with E-state index < -0.39 is 5.97 Å². The van der Waals surface area contributed by atoms with Gasteiger partial charge in [-0.15, -0.1) is 0 Å². The monoisotopic (exact) mass is 281 g/mol. The minimum absolute atomic E-state index is 0.0801. The lowest BCUT2D eigenvalue weighted by molar-refractivity contribution is -0.142. The Morgan fingerprint density at radius 1 is 1.25 bits per heavy atom. The van der Waals surface area contributed by atoms with Crippen LogP contribution in [0.3, 0.4) is 0 Å². The van der Waals surface area contributed by atoms with Gasteiger partial charge in [-0.2, -0.15) is 0 Å². The van der Waals surface area contributed by atoms with E-state index in [0.717, 1.165) is 11.1 Å². The van der Waals surface area contributed by atoms with Crippen LogP contribution >= 0.6 is 0 Å². The summed E-state index contributed by atoms with van der Waals surface area (Å²) in [4.78, 5) is 21.7. The average Bonchev–Trinajstić information content (AvgIpc) is 2.39. The molecule has 0 aliphatic heterocycles. The standard InChI is InChI=1S/C14H19NO5/c1-10-3-4-11(2)12(7-10)20-8-13(16)15-5-6-19-9-14(17)18/h3-4,7H,5-6,8-9H2,1-2H3,(H,15,16)(H,17,18). The number of aliphatic carboxylic acids is 1. The molecule has 1 amide bonds. The van der Waals surface area contributed by atoms with Gasteiger partial charge < -0.3 is 19.9 Å². The smallest absolute Gasteiger partial charge is 0.329 e. The number of benzene rings is 1. The number of rotatable bonds is 8. The van der Waals surface area contributed by atoms with Crippen molar-refractivity contribution >= 4 is 11.9 Å². The largest absolute Gasteiger partial charge is 0.483 e. The Bertz CT molecular complexity index is 473. The van der Waals surface area contributed by atoms with Crippen LogP contribution in [0.25, 0.3) is 0 Å². The van der Waals surface area contributed by atoms with Crippen molar-refractivity contribution in [3.8, 4) is 5.75 Å². The molecule has 0 atom stereocenters. The lowest BCUT2D eigenvalue weighted by Crippen LogP contribution is -2.32. The van der Waals surface area contributed by atoms with Crippen LogP contribution in [0.1, 0.15) is 11.1 Å². The van der Waals surface area contributed by atoms with Gasteiger partial charge in [0.25, 0.3) is 5.91 Å². The highest BCUT2D eigenvalue weighted by atomic mass is 16.5. The summed E-state index contributed by atoms with van der Waals surface area (Å²) < 4.78 is 10.2. The highest BCUT2D eigenvalue weighted by Gasteiger charge is 2.05. The zero-order valence-corrected chi connectivity index (χ0v) is 11.6. The maximum absolute atomic E-state index is 11.5. The van der Waals surface area contributed by atoms with E-state index in [0.29, 0.717) is 5.75 Å². The first-order chi connectivity index (χ1) is 9.49. The molecule has 0 heterocycles. The molecule has 0 aliphatic carbocycles. The number of carbonyl (C=O) groups is 2. The van der Waals surface area contributed by atoms with E-state index in [1.54, 1.807) is 0 Å². The number of aryl methyl sites for hydroxylation is 2. The first-order valence-electron chi connectivity index (χ1n) is 6.25. The van der Waals surface area contributed by atoms with E-state index in [2.05, 4.69) is 5.32 Å². The first-order valence-corrected chi connectivity index (χ1v) is 6.25. The van der Waals surface area contributed by atoms with Crippen LogP contribution in [0, 0.1) is 13.8 Å². The van der Waals surface area contributed by atoms with Crippen molar-refractivity contribution in [2.75, 3.05) is 26.4 Å². The molecule has 0 bridgehead atoms. The van der Waals surface area contributed by atoms with Crippen molar-refractivity contribution < 1.29 is 24.2 Å². The molecule has 6 nitrogen and oxygen atoms in total. The van der Waals surface area contributed by atoms with Crippen molar-refractivity contribution in [1.29, 1.82) is 0 Å². The van der Waals surface area contributed by atoms with Crippen molar-refractivity contribution in [1.82, 2.24) is 5.32 Å². The lowest BCUT2D eigenvalue weighted by atomic mass is 10.1. The molecule has 0 fully saturated rings. The maximum Gasteiger partial charge on any atom is 0.329 e. The Morgan fingerprint density at radius 2 is 2.00 bits per heavy atom. The summed E-state index contributed by atoms with van der Waals surface area (Å²) in [6.45, 7) is 3.82. The number of hydrogen-bond acceptors (Lipinski definition) is 4. The van der Waals surface area contributed by atoms with E-state index >= 15 is 0 Å². The fourth-order valence-corrected chi connectivity index (χ4v) is 1.48. The summed E-state index contributed by atoms with van der Waals surface area (Å²) in [5, 5.41) is 10.9. The van der Waals surface area contributed by atoms with Crippen LogP contribution in [0.2, 0.25) is 0 Å². The van der Waals surface area contributed by atoms with Crippen LogP contribution in [0.5, 0.6) is 5.75 Å². The summed E-state index contributed by atoms with van der Waals surface area (Å²) in [5.74, 6) is -0.623. The molecule has 1 rings (SSSR count). The van der Waals surface area contributed by atoms with Crippen LogP contribution in [-0.4, -0.2) is 43.3 Å². The minimum Gasteiger partial charge on any atom is -0.483 e. The van der Waals surface area contributed by atoms with Gasteiger partial charge in [-0.1, -0.05) is 12.1 Å². The summed E-state index contributed by atoms with van der Waals surface area (Å²) in [7, 11) is 0. The topological polar surface area (TPSA) is 84.9 Å². The fraction of sp³-hybridized carbons (Fsp3) is 0.429. The van der Waals surface area contributed by atoms with Crippen molar-refractivity contribution in [2.24, 2.45) is 0 Å². The van der Waals surface area contributed by atoms with Crippen LogP contribution in [-0.2, 0) is 14.3 Å². The molecule has 110 valence electrons. The summed E-state index contributed by atoms with van der Waals surface area (Å²) in [6, 6.07) is 5.78. The first kappa shape index (κ1) is 16.0. The van der Waals surface area contributed by atoms with Gasteiger partial charge >= 0.3 is 5.97 Å². The van der Waals surface area contributed by atoms with Gasteiger partial charge in [-0.25, -0.2) is 4.79 Å². The number of hydrogen-bond donors (Lipinski definition) is 2. The second-order valence-electron chi connectivity index (χ2n) is 4.35. The molecule has 0 saturated carbocycles. The van der Waals surface area contributed by atoms with Gasteiger partial charge in [-0.05, 0) is 31.0 Å². The molecule has 0 spiro atoms. The third kappa shape index (κ3) is 6.19. The number of carbonyl (C=O) groups excluding carboxylic acids is 1. The Kier molecular flexibility index (Phi) is 6.52. The molecular formula is C14H19NO5. The Hall–Kier alpha value is -2.08. The Morgan fingerprint density at radius 3 is 2.70 bits per heavy atom. The zero-order chi connectivity index (χ0) is 15.0. The second kappa shape index (κ2) is 8.16. The summed E-state index contributed by atoms with van der Waals surface area (Å²) >= 11 is 0. The SMILES string of the molecule is Cc1ccc(C)c(OCC(=O)NCCOCC(=O)O)c1. The number of carboxylic acid groups (broad SMARTS) is 1. The van der Waals surface area contributed by atoms with Gasteiger partial charge in [0.15, 0.2) is 6.61 Å². The van der Waals surface area contributed by atoms with E-state index in [1.807, 2.05) is 32.0 Å². The number of nitrogens with one attached hydrogen (secondary N) is 1. The highest BCUT2D eigenvalue weighted by molar-refractivity contribution is 5.77. The summed E-state index contributed by atoms with van der Waals surface area (Å²) in [5.41, 5.74) is 2.03. The summed E-state index contributed by atoms with van der Waals surface area (Å²) in [6.07, 6.45) is 0. The normalized spacial score (nSPS) is 10.1. The average molecular weight is 281 g/mol.